The number of hydrogen-bond donors (Lipinski definition) is 0. The van der Waals surface area contributed by atoms with Gasteiger partial charge in [-0.2, -0.15) is 0 Å². The molecule has 0 fully saturated rings. The van der Waals surface area contributed by atoms with Crippen LogP contribution in [0.2, 0.25) is 0 Å². The van der Waals surface area contributed by atoms with Crippen molar-refractivity contribution in [1.82, 2.24) is 4.57 Å². The average molecular weight is 279 g/mol. The van der Waals surface area contributed by atoms with Crippen molar-refractivity contribution in [2.75, 3.05) is 0 Å². The van der Waals surface area contributed by atoms with Gasteiger partial charge in [0.15, 0.2) is 0 Å². The molecule has 0 aromatic carbocycles. The van der Waals surface area contributed by atoms with Gasteiger partial charge in [0.1, 0.15) is 0 Å². The van der Waals surface area contributed by atoms with Gasteiger partial charge in [0.25, 0.3) is 0 Å². The van der Waals surface area contributed by atoms with E-state index in [-0.39, 0.29) is 0 Å². The number of nitrogens with zero attached hydrogens (tertiary/aromatic N) is 1. The van der Waals surface area contributed by atoms with Crippen molar-refractivity contribution in [3.8, 4) is 0 Å². The molecule has 0 bridgehead atoms. The first-order valence-corrected chi connectivity index (χ1v) is 6.45. The summed E-state index contributed by atoms with van der Waals surface area (Å²) >= 11 is 2.81. The Morgan fingerprint density at radius 1 is 0.929 bits per heavy atom. The van der Waals surface area contributed by atoms with Crippen molar-refractivity contribution in [1.29, 1.82) is 0 Å². The van der Waals surface area contributed by atoms with Gasteiger partial charge < -0.3 is 0 Å². The van der Waals surface area contributed by atoms with Gasteiger partial charge in [-0.3, -0.25) is 0 Å². The second kappa shape index (κ2) is 5.12. The third kappa shape index (κ3) is 1.82. The summed E-state index contributed by atoms with van der Waals surface area (Å²) in [6.45, 7) is 10.1. The minimum atomic E-state index is 1.10. The van der Waals surface area contributed by atoms with Crippen molar-refractivity contribution in [3.05, 3.63) is 16.8 Å². The van der Waals surface area contributed by atoms with Gasteiger partial charge in [-0.05, 0) is 0 Å². The third-order valence-corrected chi connectivity index (χ3v) is 3.86. The summed E-state index contributed by atoms with van der Waals surface area (Å²) in [7, 11) is 0. The molecule has 0 saturated carbocycles. The molecule has 0 unspecified atom stereocenters. The maximum absolute atomic E-state index is 2.81. The van der Waals surface area contributed by atoms with Crippen molar-refractivity contribution in [2.24, 2.45) is 0 Å². The molecule has 0 aliphatic heterocycles. The Hall–Kier alpha value is -0.0966. The molecule has 0 saturated heterocycles. The van der Waals surface area contributed by atoms with E-state index in [2.05, 4.69) is 50.6 Å². The van der Waals surface area contributed by atoms with Crippen LogP contribution in [0.3, 0.4) is 0 Å². The van der Waals surface area contributed by atoms with E-state index in [0.717, 1.165) is 19.4 Å². The van der Waals surface area contributed by atoms with E-state index in [0.29, 0.717) is 0 Å². The Kier molecular flexibility index (Phi) is 4.38. The second-order valence-corrected chi connectivity index (χ2v) is 4.31. The van der Waals surface area contributed by atoms with E-state index >= 15 is 0 Å². The van der Waals surface area contributed by atoms with Crippen LogP contribution in [-0.4, -0.2) is 4.57 Å². The molecule has 0 amide bonds. The topological polar surface area (TPSA) is 4.93 Å². The Bertz CT molecular complexity index is 283. The minimum absolute atomic E-state index is 1.10. The summed E-state index contributed by atoms with van der Waals surface area (Å²) in [5, 5.41) is 0. The summed E-state index contributed by atoms with van der Waals surface area (Å²) in [5.41, 5.74) is 4.69. The fourth-order valence-electron chi connectivity index (χ4n) is 2.24. The monoisotopic (exact) mass is 280 g/mol. The Balaban J connectivity index is 3.37. The van der Waals surface area contributed by atoms with Gasteiger partial charge in [0, 0.05) is 0 Å². The molecule has 2 heteroatoms. The van der Waals surface area contributed by atoms with E-state index in [9.17, 15) is 0 Å². The zero-order valence-electron chi connectivity index (χ0n) is 9.63. The fraction of sp³-hybridized carbons (Fsp3) is 0.667. The van der Waals surface area contributed by atoms with Gasteiger partial charge in [-0.15, -0.1) is 0 Å². The van der Waals surface area contributed by atoms with Crippen LogP contribution in [0.4, 0.5) is 0 Å². The normalized spacial score (nSPS) is 10.9. The molecule has 1 aromatic rings. The predicted octanol–water partition coefficient (Wildman–Crippen LogP) is 2.37. The zero-order chi connectivity index (χ0) is 10.7. The van der Waals surface area contributed by atoms with Crippen molar-refractivity contribution < 1.29 is 18.3 Å². The molecule has 1 nitrogen and oxygen atoms in total. The fourth-order valence-corrected chi connectivity index (χ4v) is 3.32. The van der Waals surface area contributed by atoms with Crippen LogP contribution < -0.4 is 4.29 Å². The Morgan fingerprint density at radius 2 is 1.50 bits per heavy atom. The van der Waals surface area contributed by atoms with Gasteiger partial charge in [0.2, 0.25) is 0 Å². The molecule has 1 rings (SSSR count). The molecule has 1 aromatic heterocycles. The SMILES string of the molecule is CCc1c(CC)c(CC)n(CC)[c]1[Ru]. The van der Waals surface area contributed by atoms with Crippen molar-refractivity contribution >= 4 is 4.29 Å². The summed E-state index contributed by atoms with van der Waals surface area (Å²) in [6, 6.07) is 0. The zero-order valence-corrected chi connectivity index (χ0v) is 11.4. The number of hydrogen-bond acceptors (Lipinski definition) is 0. The molecule has 0 aliphatic carbocycles. The predicted molar refractivity (Wildman–Crippen MR) is 57.9 cm³/mol. The molecule has 14 heavy (non-hydrogen) atoms. The molecule has 0 N–H and O–H groups in total. The van der Waals surface area contributed by atoms with E-state index in [1.807, 2.05) is 0 Å². The summed E-state index contributed by atoms with van der Waals surface area (Å²) in [4.78, 5) is 0. The standard InChI is InChI=1S/C12H20N.Ru/c1-5-10-9-13(8-4)12(7-3)11(10)6-2;/h5-8H2,1-4H3;. The molecule has 0 spiro atoms. The van der Waals surface area contributed by atoms with Crippen molar-refractivity contribution in [2.45, 2.75) is 53.5 Å². The van der Waals surface area contributed by atoms with E-state index in [1.54, 1.807) is 16.8 Å². The molecular weight excluding hydrogens is 259 g/mol. The van der Waals surface area contributed by atoms with E-state index < -0.39 is 0 Å². The van der Waals surface area contributed by atoms with Crippen LogP contribution >= 0.6 is 0 Å². The van der Waals surface area contributed by atoms with Crippen LogP contribution in [0, 0.1) is 0 Å². The first-order chi connectivity index (χ1) is 6.71. The molecule has 0 atom stereocenters. The first-order valence-electron chi connectivity index (χ1n) is 5.58. The van der Waals surface area contributed by atoms with Gasteiger partial charge >= 0.3 is 97.5 Å². The second-order valence-electron chi connectivity index (χ2n) is 3.49. The number of aromatic nitrogens is 1. The van der Waals surface area contributed by atoms with E-state index in [4.69, 9.17) is 0 Å². The average Bonchev–Trinajstić information content (AvgIpc) is 2.48. The van der Waals surface area contributed by atoms with E-state index in [1.165, 1.54) is 10.7 Å². The van der Waals surface area contributed by atoms with Crippen LogP contribution in [0.15, 0.2) is 0 Å². The molecule has 1 heterocycles. The Morgan fingerprint density at radius 3 is 1.86 bits per heavy atom. The molecule has 81 valence electrons. The van der Waals surface area contributed by atoms with Crippen LogP contribution in [-0.2, 0) is 44.1 Å². The first kappa shape index (κ1) is 12.0. The summed E-state index contributed by atoms with van der Waals surface area (Å²) in [6.07, 6.45) is 3.48. The number of rotatable bonds is 4. The molecule has 0 aliphatic rings. The van der Waals surface area contributed by atoms with Gasteiger partial charge in [-0.25, -0.2) is 0 Å². The molecule has 0 radical (unpaired) electrons. The summed E-state index contributed by atoms with van der Waals surface area (Å²) in [5.74, 6) is 0. The molecular formula is C12H20NRu. The summed E-state index contributed by atoms with van der Waals surface area (Å²) < 4.78 is 3.87. The Labute approximate surface area is 97.6 Å². The van der Waals surface area contributed by atoms with Crippen LogP contribution in [0.1, 0.15) is 44.5 Å². The van der Waals surface area contributed by atoms with Crippen LogP contribution in [0.25, 0.3) is 0 Å². The maximum atomic E-state index is 2.81. The van der Waals surface area contributed by atoms with Gasteiger partial charge in [0.05, 0.1) is 0 Å². The third-order valence-electron chi connectivity index (χ3n) is 2.87. The van der Waals surface area contributed by atoms with Crippen LogP contribution in [0.5, 0.6) is 0 Å². The van der Waals surface area contributed by atoms with Gasteiger partial charge in [-0.1, -0.05) is 0 Å². The van der Waals surface area contributed by atoms with Crippen molar-refractivity contribution in [3.63, 3.8) is 0 Å². The quantitative estimate of drug-likeness (QED) is 0.746.